The maximum absolute atomic E-state index is 11.8. The predicted molar refractivity (Wildman–Crippen MR) is 82.3 cm³/mol. The van der Waals surface area contributed by atoms with Crippen LogP contribution in [0.5, 0.6) is 0 Å². The minimum absolute atomic E-state index is 0.157. The topological polar surface area (TPSA) is 84.0 Å². The number of rotatable bonds is 6. The van der Waals surface area contributed by atoms with Crippen molar-refractivity contribution in [2.45, 2.75) is 13.0 Å². The van der Waals surface area contributed by atoms with Gasteiger partial charge in [-0.05, 0) is 24.3 Å². The van der Waals surface area contributed by atoms with Gasteiger partial charge in [0.15, 0.2) is 0 Å². The number of nitrogens with one attached hydrogen (secondary N) is 2. The summed E-state index contributed by atoms with van der Waals surface area (Å²) in [5, 5.41) is 5.82. The van der Waals surface area contributed by atoms with Gasteiger partial charge in [-0.2, -0.15) is 0 Å². The van der Waals surface area contributed by atoms with E-state index in [1.807, 2.05) is 18.2 Å². The van der Waals surface area contributed by atoms with E-state index in [2.05, 4.69) is 20.6 Å². The fourth-order valence-corrected chi connectivity index (χ4v) is 1.78. The van der Waals surface area contributed by atoms with Gasteiger partial charge in [0.1, 0.15) is 5.69 Å². The number of hydrogen-bond acceptors (Lipinski definition) is 4. The van der Waals surface area contributed by atoms with Crippen LogP contribution in [0.25, 0.3) is 0 Å². The third kappa shape index (κ3) is 5.14. The van der Waals surface area contributed by atoms with Gasteiger partial charge in [-0.1, -0.05) is 17.7 Å². The number of halogens is 1. The van der Waals surface area contributed by atoms with Crippen LogP contribution in [0.4, 0.5) is 0 Å². The second-order valence-corrected chi connectivity index (χ2v) is 4.90. The third-order valence-corrected chi connectivity index (χ3v) is 3.01. The van der Waals surface area contributed by atoms with Crippen LogP contribution in [-0.4, -0.2) is 28.3 Å². The van der Waals surface area contributed by atoms with Crippen molar-refractivity contribution in [1.82, 2.24) is 20.6 Å². The molecule has 2 aromatic heterocycles. The normalized spacial score (nSPS) is 10.0. The molecule has 0 aliphatic carbocycles. The first-order valence-electron chi connectivity index (χ1n) is 6.71. The predicted octanol–water partition coefficient (Wildman–Crippen LogP) is 1.57. The minimum atomic E-state index is -0.339. The summed E-state index contributed by atoms with van der Waals surface area (Å²) in [4.78, 5) is 31.4. The van der Waals surface area contributed by atoms with E-state index in [9.17, 15) is 9.59 Å². The summed E-state index contributed by atoms with van der Waals surface area (Å²) in [7, 11) is 0. The van der Waals surface area contributed by atoms with Gasteiger partial charge in [0, 0.05) is 25.4 Å². The Morgan fingerprint density at radius 2 is 1.95 bits per heavy atom. The lowest BCUT2D eigenvalue weighted by Crippen LogP contribution is -2.31. The molecule has 2 amide bonds. The average molecular weight is 319 g/mol. The van der Waals surface area contributed by atoms with Crippen LogP contribution in [-0.2, 0) is 11.3 Å². The molecule has 2 N–H and O–H groups in total. The summed E-state index contributed by atoms with van der Waals surface area (Å²) >= 11 is 5.70. The first kappa shape index (κ1) is 15.9. The average Bonchev–Trinajstić information content (AvgIpc) is 2.54. The molecule has 0 radical (unpaired) electrons. The van der Waals surface area contributed by atoms with Gasteiger partial charge in [0.25, 0.3) is 5.91 Å². The van der Waals surface area contributed by atoms with Gasteiger partial charge in [0.2, 0.25) is 5.91 Å². The lowest BCUT2D eigenvalue weighted by Gasteiger charge is -2.06. The van der Waals surface area contributed by atoms with Crippen LogP contribution in [0.15, 0.2) is 42.7 Å². The summed E-state index contributed by atoms with van der Waals surface area (Å²) < 4.78 is 0. The quantitative estimate of drug-likeness (QED) is 0.846. The Kier molecular flexibility index (Phi) is 5.85. The van der Waals surface area contributed by atoms with Crippen LogP contribution in [0.3, 0.4) is 0 Å². The van der Waals surface area contributed by atoms with Gasteiger partial charge < -0.3 is 10.6 Å². The highest BCUT2D eigenvalue weighted by Crippen LogP contribution is 2.05. The molecular formula is C15H15ClN4O2. The van der Waals surface area contributed by atoms with Crippen molar-refractivity contribution in [1.29, 1.82) is 0 Å². The molecule has 0 aliphatic rings. The van der Waals surface area contributed by atoms with Crippen LogP contribution in [0.2, 0.25) is 5.02 Å². The molecule has 0 bridgehead atoms. The van der Waals surface area contributed by atoms with Gasteiger partial charge >= 0.3 is 0 Å². The molecular weight excluding hydrogens is 304 g/mol. The summed E-state index contributed by atoms with van der Waals surface area (Å²) in [6.07, 6.45) is 3.25. The van der Waals surface area contributed by atoms with Gasteiger partial charge in [0.05, 0.1) is 17.3 Å². The van der Waals surface area contributed by atoms with Crippen molar-refractivity contribution in [3.8, 4) is 0 Å². The molecule has 0 atom stereocenters. The molecule has 0 spiro atoms. The van der Waals surface area contributed by atoms with Crippen molar-refractivity contribution in [3.05, 3.63) is 59.1 Å². The first-order chi connectivity index (χ1) is 10.6. The van der Waals surface area contributed by atoms with E-state index >= 15 is 0 Å². The number of amides is 2. The maximum atomic E-state index is 11.8. The molecule has 0 unspecified atom stereocenters. The highest BCUT2D eigenvalue weighted by atomic mass is 35.5. The van der Waals surface area contributed by atoms with Crippen LogP contribution >= 0.6 is 11.6 Å². The number of carbonyl (C=O) groups excluding carboxylic acids is 2. The number of carbonyl (C=O) groups is 2. The highest BCUT2D eigenvalue weighted by Gasteiger charge is 2.07. The van der Waals surface area contributed by atoms with E-state index in [0.717, 1.165) is 5.69 Å². The van der Waals surface area contributed by atoms with Crippen LogP contribution < -0.4 is 10.6 Å². The number of aromatic nitrogens is 2. The smallest absolute Gasteiger partial charge is 0.269 e. The van der Waals surface area contributed by atoms with E-state index in [-0.39, 0.29) is 30.5 Å². The van der Waals surface area contributed by atoms with Gasteiger partial charge in [-0.3, -0.25) is 14.6 Å². The van der Waals surface area contributed by atoms with E-state index in [0.29, 0.717) is 11.6 Å². The Morgan fingerprint density at radius 1 is 1.09 bits per heavy atom. The number of pyridine rings is 2. The molecule has 0 saturated carbocycles. The molecule has 2 aromatic rings. The monoisotopic (exact) mass is 318 g/mol. The number of nitrogens with zero attached hydrogens (tertiary/aromatic N) is 2. The van der Waals surface area contributed by atoms with Gasteiger partial charge in [-0.15, -0.1) is 0 Å². The van der Waals surface area contributed by atoms with E-state index in [4.69, 9.17) is 11.6 Å². The van der Waals surface area contributed by atoms with Crippen molar-refractivity contribution < 1.29 is 9.59 Å². The van der Waals surface area contributed by atoms with E-state index in [1.54, 1.807) is 12.3 Å². The summed E-state index contributed by atoms with van der Waals surface area (Å²) in [6.45, 7) is 0.601. The summed E-state index contributed by atoms with van der Waals surface area (Å²) in [6, 6.07) is 8.61. The zero-order valence-electron chi connectivity index (χ0n) is 11.8. The minimum Gasteiger partial charge on any atom is -0.350 e. The maximum Gasteiger partial charge on any atom is 0.269 e. The lowest BCUT2D eigenvalue weighted by atomic mass is 10.3. The number of hydrogen-bond donors (Lipinski definition) is 2. The SMILES string of the molecule is O=C(CCNC(=O)c1ccc(Cl)cn1)NCc1ccccn1. The molecule has 2 rings (SSSR count). The van der Waals surface area contributed by atoms with Crippen molar-refractivity contribution >= 4 is 23.4 Å². The summed E-state index contributed by atoms with van der Waals surface area (Å²) in [5.74, 6) is -0.496. The second-order valence-electron chi connectivity index (χ2n) is 4.47. The molecule has 0 fully saturated rings. The molecule has 0 aliphatic heterocycles. The molecule has 0 aromatic carbocycles. The zero-order valence-corrected chi connectivity index (χ0v) is 12.5. The fourth-order valence-electron chi connectivity index (χ4n) is 1.67. The van der Waals surface area contributed by atoms with E-state index in [1.165, 1.54) is 12.3 Å². The third-order valence-electron chi connectivity index (χ3n) is 2.79. The standard InChI is InChI=1S/C15H15ClN4O2/c16-11-4-5-13(19-9-11)15(22)18-8-6-14(21)20-10-12-3-1-2-7-17-12/h1-5,7,9H,6,8,10H2,(H,18,22)(H,20,21). The van der Waals surface area contributed by atoms with Crippen molar-refractivity contribution in [2.75, 3.05) is 6.54 Å². The second kappa shape index (κ2) is 8.09. The fraction of sp³-hybridized carbons (Fsp3) is 0.200. The molecule has 0 saturated heterocycles. The van der Waals surface area contributed by atoms with Crippen LogP contribution in [0.1, 0.15) is 22.6 Å². The summed E-state index contributed by atoms with van der Waals surface area (Å²) in [5.41, 5.74) is 1.04. The first-order valence-corrected chi connectivity index (χ1v) is 7.09. The zero-order chi connectivity index (χ0) is 15.8. The highest BCUT2D eigenvalue weighted by molar-refractivity contribution is 6.30. The molecule has 2 heterocycles. The Hall–Kier alpha value is -2.47. The van der Waals surface area contributed by atoms with Crippen molar-refractivity contribution in [2.24, 2.45) is 0 Å². The van der Waals surface area contributed by atoms with Crippen LogP contribution in [0, 0.1) is 0 Å². The molecule has 6 nitrogen and oxygen atoms in total. The van der Waals surface area contributed by atoms with Gasteiger partial charge in [-0.25, -0.2) is 4.98 Å². The Labute approximate surface area is 132 Å². The Balaban J connectivity index is 1.68. The Morgan fingerprint density at radius 3 is 2.64 bits per heavy atom. The van der Waals surface area contributed by atoms with Crippen molar-refractivity contribution in [3.63, 3.8) is 0 Å². The Bertz CT molecular complexity index is 632. The molecule has 7 heteroatoms. The largest absolute Gasteiger partial charge is 0.350 e. The molecule has 114 valence electrons. The lowest BCUT2D eigenvalue weighted by molar-refractivity contribution is -0.121. The molecule has 22 heavy (non-hydrogen) atoms. The van der Waals surface area contributed by atoms with E-state index < -0.39 is 0 Å².